The molecule has 3 rings (SSSR count). The molecule has 1 amide bonds. The van der Waals surface area contributed by atoms with Crippen molar-refractivity contribution in [1.82, 2.24) is 9.55 Å². The number of hydrogen-bond donors (Lipinski definition) is 1. The minimum Gasteiger partial charge on any atom is -0.366 e. The average Bonchev–Trinajstić information content (AvgIpc) is 3.09. The second-order valence-corrected chi connectivity index (χ2v) is 7.63. The van der Waals surface area contributed by atoms with E-state index in [2.05, 4.69) is 25.8 Å². The topological polar surface area (TPSA) is 60.9 Å². The smallest absolute Gasteiger partial charge is 0.249 e. The number of primary amides is 1. The molecule has 0 aliphatic carbocycles. The number of hydrogen-bond acceptors (Lipinski definition) is 2. The molecule has 2 N–H and O–H groups in total. The standard InChI is InChI=1S/C22H24FN3O/c1-5-26-13-25-12-19(26)17-10-15(14-6-8-16(23)9-7-14)11-18(21(24)27)20(17)22(2,3)4/h6-13H,5H2,1-4H3,(H2,24,27). The van der Waals surface area contributed by atoms with Crippen LogP contribution in [0, 0.1) is 5.82 Å². The molecule has 140 valence electrons. The van der Waals surface area contributed by atoms with Crippen molar-refractivity contribution in [3.8, 4) is 22.4 Å². The van der Waals surface area contributed by atoms with Crippen LogP contribution in [0.1, 0.15) is 43.6 Å². The van der Waals surface area contributed by atoms with Crippen LogP contribution < -0.4 is 5.73 Å². The Balaban J connectivity index is 2.37. The van der Waals surface area contributed by atoms with Crippen LogP contribution in [0.2, 0.25) is 0 Å². The summed E-state index contributed by atoms with van der Waals surface area (Å²) in [7, 11) is 0. The molecule has 0 aliphatic heterocycles. The van der Waals surface area contributed by atoms with E-state index in [1.165, 1.54) is 12.1 Å². The number of halogens is 1. The van der Waals surface area contributed by atoms with Gasteiger partial charge in [0.15, 0.2) is 0 Å². The molecule has 5 heteroatoms. The van der Waals surface area contributed by atoms with Gasteiger partial charge >= 0.3 is 0 Å². The van der Waals surface area contributed by atoms with Gasteiger partial charge in [0, 0.05) is 17.7 Å². The molecule has 4 nitrogen and oxygen atoms in total. The third-order valence-corrected chi connectivity index (χ3v) is 4.66. The highest BCUT2D eigenvalue weighted by molar-refractivity contribution is 5.98. The molecular formula is C22H24FN3O. The fourth-order valence-electron chi connectivity index (χ4n) is 3.45. The molecule has 1 heterocycles. The molecule has 0 saturated carbocycles. The van der Waals surface area contributed by atoms with Gasteiger partial charge in [-0.15, -0.1) is 0 Å². The van der Waals surface area contributed by atoms with Gasteiger partial charge in [0.25, 0.3) is 0 Å². The highest BCUT2D eigenvalue weighted by Gasteiger charge is 2.27. The summed E-state index contributed by atoms with van der Waals surface area (Å²) in [6.45, 7) is 8.97. The Kier molecular flexibility index (Phi) is 4.87. The Labute approximate surface area is 158 Å². The van der Waals surface area contributed by atoms with Gasteiger partial charge < -0.3 is 10.3 Å². The SMILES string of the molecule is CCn1cncc1-c1cc(-c2ccc(F)cc2)cc(C(N)=O)c1C(C)(C)C. The number of imidazole rings is 1. The molecule has 0 saturated heterocycles. The lowest BCUT2D eigenvalue weighted by Gasteiger charge is -2.27. The molecule has 3 aromatic rings. The molecule has 0 aliphatic rings. The van der Waals surface area contributed by atoms with Crippen LogP contribution in [0.25, 0.3) is 22.4 Å². The third kappa shape index (κ3) is 3.63. The molecule has 0 fully saturated rings. The van der Waals surface area contributed by atoms with Crippen LogP contribution in [0.15, 0.2) is 48.9 Å². The first-order valence-corrected chi connectivity index (χ1v) is 8.97. The number of aryl methyl sites for hydroxylation is 1. The van der Waals surface area contributed by atoms with Gasteiger partial charge in [-0.25, -0.2) is 9.37 Å². The molecule has 1 aromatic heterocycles. The Morgan fingerprint density at radius 2 is 1.81 bits per heavy atom. The highest BCUT2D eigenvalue weighted by Crippen LogP contribution is 2.39. The maximum absolute atomic E-state index is 13.3. The summed E-state index contributed by atoms with van der Waals surface area (Å²) in [6.07, 6.45) is 3.57. The molecule has 0 unspecified atom stereocenters. The van der Waals surface area contributed by atoms with Crippen molar-refractivity contribution < 1.29 is 9.18 Å². The second-order valence-electron chi connectivity index (χ2n) is 7.63. The summed E-state index contributed by atoms with van der Waals surface area (Å²) in [6, 6.07) is 10.1. The average molecular weight is 365 g/mol. The monoisotopic (exact) mass is 365 g/mol. The van der Waals surface area contributed by atoms with Gasteiger partial charge in [0.05, 0.1) is 18.2 Å². The number of carbonyl (C=O) groups excluding carboxylic acids is 1. The van der Waals surface area contributed by atoms with Crippen LogP contribution in [0.3, 0.4) is 0 Å². The van der Waals surface area contributed by atoms with Crippen molar-refractivity contribution in [2.75, 3.05) is 0 Å². The van der Waals surface area contributed by atoms with Gasteiger partial charge in [0.1, 0.15) is 5.82 Å². The van der Waals surface area contributed by atoms with E-state index in [1.54, 1.807) is 30.7 Å². The highest BCUT2D eigenvalue weighted by atomic mass is 19.1. The van der Waals surface area contributed by atoms with E-state index in [-0.39, 0.29) is 11.2 Å². The molecule has 2 aromatic carbocycles. The zero-order valence-electron chi connectivity index (χ0n) is 16.1. The first kappa shape index (κ1) is 18.8. The molecule has 0 spiro atoms. The second kappa shape index (κ2) is 6.99. The van der Waals surface area contributed by atoms with Gasteiger partial charge in [-0.05, 0) is 53.3 Å². The first-order valence-electron chi connectivity index (χ1n) is 8.97. The van der Waals surface area contributed by atoms with Crippen molar-refractivity contribution in [2.45, 2.75) is 39.7 Å². The van der Waals surface area contributed by atoms with Crippen LogP contribution in [-0.2, 0) is 12.0 Å². The Morgan fingerprint density at radius 3 is 2.37 bits per heavy atom. The Bertz CT molecular complexity index is 982. The summed E-state index contributed by atoms with van der Waals surface area (Å²) in [4.78, 5) is 16.6. The quantitative estimate of drug-likeness (QED) is 0.724. The fraction of sp³-hybridized carbons (Fsp3) is 0.273. The predicted octanol–water partition coefficient (Wildman–Crippen LogP) is 4.77. The van der Waals surface area contributed by atoms with Crippen LogP contribution in [0.4, 0.5) is 4.39 Å². The first-order chi connectivity index (χ1) is 12.7. The lowest BCUT2D eigenvalue weighted by Crippen LogP contribution is -2.23. The van der Waals surface area contributed by atoms with Crippen molar-refractivity contribution in [3.63, 3.8) is 0 Å². The van der Waals surface area contributed by atoms with E-state index in [4.69, 9.17) is 5.73 Å². The van der Waals surface area contributed by atoms with Crippen molar-refractivity contribution in [1.29, 1.82) is 0 Å². The van der Waals surface area contributed by atoms with E-state index in [1.807, 2.05) is 17.6 Å². The lowest BCUT2D eigenvalue weighted by atomic mass is 9.78. The molecule has 0 atom stereocenters. The number of amides is 1. The third-order valence-electron chi connectivity index (χ3n) is 4.66. The zero-order chi connectivity index (χ0) is 19.8. The summed E-state index contributed by atoms with van der Waals surface area (Å²) in [5, 5.41) is 0. The van der Waals surface area contributed by atoms with Crippen LogP contribution in [-0.4, -0.2) is 15.5 Å². The van der Waals surface area contributed by atoms with Crippen molar-refractivity contribution in [2.24, 2.45) is 5.73 Å². The largest absolute Gasteiger partial charge is 0.366 e. The molecule has 0 bridgehead atoms. The van der Waals surface area contributed by atoms with Gasteiger partial charge in [-0.2, -0.15) is 0 Å². The summed E-state index contributed by atoms with van der Waals surface area (Å²) >= 11 is 0. The van der Waals surface area contributed by atoms with Gasteiger partial charge in [-0.3, -0.25) is 4.79 Å². The normalized spacial score (nSPS) is 11.6. The summed E-state index contributed by atoms with van der Waals surface area (Å²) in [5.41, 5.74) is 10.3. The predicted molar refractivity (Wildman–Crippen MR) is 106 cm³/mol. The molecule has 0 radical (unpaired) electrons. The van der Waals surface area contributed by atoms with Gasteiger partial charge in [-0.1, -0.05) is 32.9 Å². The van der Waals surface area contributed by atoms with E-state index >= 15 is 0 Å². The number of nitrogens with two attached hydrogens (primary N) is 1. The summed E-state index contributed by atoms with van der Waals surface area (Å²) < 4.78 is 15.4. The molecular weight excluding hydrogens is 341 g/mol. The number of rotatable bonds is 4. The van der Waals surface area contributed by atoms with Crippen molar-refractivity contribution in [3.05, 3.63) is 65.9 Å². The number of aromatic nitrogens is 2. The Hall–Kier alpha value is -2.95. The summed E-state index contributed by atoms with van der Waals surface area (Å²) in [5.74, 6) is -0.780. The van der Waals surface area contributed by atoms with Gasteiger partial charge in [0.2, 0.25) is 5.91 Å². The maximum atomic E-state index is 13.3. The van der Waals surface area contributed by atoms with Crippen LogP contribution in [0.5, 0.6) is 0 Å². The number of nitrogens with zero attached hydrogens (tertiary/aromatic N) is 2. The molecule has 27 heavy (non-hydrogen) atoms. The minimum absolute atomic E-state index is 0.301. The number of carbonyl (C=O) groups is 1. The zero-order valence-corrected chi connectivity index (χ0v) is 16.1. The lowest BCUT2D eigenvalue weighted by molar-refractivity contribution is 0.0998. The number of benzene rings is 2. The van der Waals surface area contributed by atoms with E-state index in [9.17, 15) is 9.18 Å². The van der Waals surface area contributed by atoms with E-state index in [0.717, 1.165) is 34.5 Å². The van der Waals surface area contributed by atoms with Crippen LogP contribution >= 0.6 is 0 Å². The van der Waals surface area contributed by atoms with E-state index < -0.39 is 5.91 Å². The maximum Gasteiger partial charge on any atom is 0.249 e. The van der Waals surface area contributed by atoms with E-state index in [0.29, 0.717) is 5.56 Å². The Morgan fingerprint density at radius 1 is 1.15 bits per heavy atom. The van der Waals surface area contributed by atoms with Crippen molar-refractivity contribution >= 4 is 5.91 Å². The minimum atomic E-state index is -0.479. The fourth-order valence-corrected chi connectivity index (χ4v) is 3.45.